The molecule has 0 spiro atoms. The monoisotopic (exact) mass is 380 g/mol. The second-order valence-electron chi connectivity index (χ2n) is 7.53. The van der Waals surface area contributed by atoms with Gasteiger partial charge in [0.25, 0.3) is 5.91 Å². The van der Waals surface area contributed by atoms with E-state index in [0.717, 1.165) is 31.1 Å². The number of benzene rings is 2. The van der Waals surface area contributed by atoms with Gasteiger partial charge in [0.05, 0.1) is 12.7 Å². The summed E-state index contributed by atoms with van der Waals surface area (Å²) < 4.78 is 4.71. The lowest BCUT2D eigenvalue weighted by Gasteiger charge is -2.30. The van der Waals surface area contributed by atoms with E-state index in [2.05, 4.69) is 29.3 Å². The molecule has 0 bridgehead atoms. The Hall–Kier alpha value is -2.66. The van der Waals surface area contributed by atoms with Gasteiger partial charge >= 0.3 is 5.97 Å². The Bertz CT molecular complexity index is 826. The van der Waals surface area contributed by atoms with Crippen LogP contribution in [0.1, 0.15) is 51.6 Å². The van der Waals surface area contributed by atoms with Crippen molar-refractivity contribution in [3.05, 3.63) is 70.8 Å². The summed E-state index contributed by atoms with van der Waals surface area (Å²) in [4.78, 5) is 26.6. The summed E-state index contributed by atoms with van der Waals surface area (Å²) in [6, 6.07) is 14.9. The van der Waals surface area contributed by atoms with Crippen LogP contribution in [0.5, 0.6) is 0 Å². The van der Waals surface area contributed by atoms with Gasteiger partial charge in [-0.2, -0.15) is 0 Å². The average Bonchev–Trinajstić information content (AvgIpc) is 2.73. The molecule has 5 nitrogen and oxygen atoms in total. The number of hydrogen-bond acceptors (Lipinski definition) is 4. The summed E-state index contributed by atoms with van der Waals surface area (Å²) >= 11 is 0. The number of carbonyl (C=O) groups is 2. The first-order valence-corrected chi connectivity index (χ1v) is 9.82. The first kappa shape index (κ1) is 20.1. The van der Waals surface area contributed by atoms with Crippen molar-refractivity contribution in [3.8, 4) is 0 Å². The third-order valence-electron chi connectivity index (χ3n) is 5.27. The van der Waals surface area contributed by atoms with Gasteiger partial charge in [-0.15, -0.1) is 0 Å². The maximum atomic E-state index is 12.4. The van der Waals surface area contributed by atoms with Crippen LogP contribution in [0, 0.1) is 5.92 Å². The largest absolute Gasteiger partial charge is 0.465 e. The average molecular weight is 380 g/mol. The Morgan fingerprint density at radius 1 is 1.04 bits per heavy atom. The van der Waals surface area contributed by atoms with Crippen molar-refractivity contribution >= 4 is 11.9 Å². The fraction of sp³-hybridized carbons (Fsp3) is 0.391. The highest BCUT2D eigenvalue weighted by atomic mass is 16.5. The number of nitrogens with zero attached hydrogens (tertiary/aromatic N) is 1. The summed E-state index contributed by atoms with van der Waals surface area (Å²) in [6.07, 6.45) is 2.53. The predicted octanol–water partition coefficient (Wildman–Crippen LogP) is 3.64. The number of amides is 1. The highest BCUT2D eigenvalue weighted by Crippen LogP contribution is 2.18. The van der Waals surface area contributed by atoms with Gasteiger partial charge in [-0.25, -0.2) is 4.79 Å². The third-order valence-corrected chi connectivity index (χ3v) is 5.27. The molecule has 0 unspecified atom stereocenters. The minimum Gasteiger partial charge on any atom is -0.465 e. The maximum Gasteiger partial charge on any atom is 0.337 e. The van der Waals surface area contributed by atoms with Crippen LogP contribution in [0.15, 0.2) is 48.5 Å². The normalized spacial score (nSPS) is 15.2. The number of methoxy groups -OCH3 is 1. The molecule has 1 aliphatic rings. The van der Waals surface area contributed by atoms with Gasteiger partial charge in [0.2, 0.25) is 0 Å². The number of likely N-dealkylation sites (tertiary alicyclic amines) is 1. The van der Waals surface area contributed by atoms with Gasteiger partial charge in [-0.3, -0.25) is 9.69 Å². The summed E-state index contributed by atoms with van der Waals surface area (Å²) in [7, 11) is 1.33. The molecule has 0 saturated carbocycles. The van der Waals surface area contributed by atoms with Crippen molar-refractivity contribution in [1.82, 2.24) is 10.2 Å². The van der Waals surface area contributed by atoms with E-state index >= 15 is 0 Å². The Morgan fingerprint density at radius 3 is 2.46 bits per heavy atom. The zero-order valence-electron chi connectivity index (χ0n) is 16.6. The number of ether oxygens (including phenoxy) is 1. The van der Waals surface area contributed by atoms with Crippen LogP contribution in [-0.4, -0.2) is 37.0 Å². The van der Waals surface area contributed by atoms with Crippen LogP contribution in [0.4, 0.5) is 0 Å². The molecule has 148 valence electrons. The summed E-state index contributed by atoms with van der Waals surface area (Å²) in [5, 5.41) is 2.93. The number of nitrogens with one attached hydrogen (secondary N) is 1. The van der Waals surface area contributed by atoms with Crippen LogP contribution in [0.3, 0.4) is 0 Å². The van der Waals surface area contributed by atoms with Crippen molar-refractivity contribution < 1.29 is 14.3 Å². The molecule has 1 N–H and O–H groups in total. The van der Waals surface area contributed by atoms with E-state index in [9.17, 15) is 9.59 Å². The van der Waals surface area contributed by atoms with Gasteiger partial charge in [0, 0.05) is 18.7 Å². The first-order valence-electron chi connectivity index (χ1n) is 9.82. The minimum absolute atomic E-state index is 0.207. The van der Waals surface area contributed by atoms with Crippen molar-refractivity contribution in [3.63, 3.8) is 0 Å². The molecule has 0 aliphatic carbocycles. The second kappa shape index (κ2) is 9.51. The Balaban J connectivity index is 1.57. The number of carbonyl (C=O) groups excluding carboxylic acids is 2. The van der Waals surface area contributed by atoms with E-state index in [1.165, 1.54) is 25.5 Å². The predicted molar refractivity (Wildman–Crippen MR) is 109 cm³/mol. The van der Waals surface area contributed by atoms with Crippen molar-refractivity contribution in [2.24, 2.45) is 5.92 Å². The SMILES string of the molecule is COC(=O)c1cccc(C(=O)NCc2cccc(CN3CCC(C)CC3)c2)c1. The molecule has 2 aromatic rings. The van der Waals surface area contributed by atoms with E-state index in [1.807, 2.05) is 12.1 Å². The highest BCUT2D eigenvalue weighted by molar-refractivity contribution is 5.97. The number of esters is 1. The van der Waals surface area contributed by atoms with Crippen molar-refractivity contribution in [2.75, 3.05) is 20.2 Å². The third kappa shape index (κ3) is 5.42. The van der Waals surface area contributed by atoms with Gasteiger partial charge < -0.3 is 10.1 Å². The second-order valence-corrected chi connectivity index (χ2v) is 7.53. The topological polar surface area (TPSA) is 58.6 Å². The standard InChI is InChI=1S/C23H28N2O3/c1-17-9-11-25(12-10-17)16-19-6-3-5-18(13-19)15-24-22(26)20-7-4-8-21(14-20)23(27)28-2/h3-8,13-14,17H,9-12,15-16H2,1-2H3,(H,24,26). The van der Waals surface area contributed by atoms with Crippen LogP contribution < -0.4 is 5.32 Å². The lowest BCUT2D eigenvalue weighted by molar-refractivity contribution is 0.0600. The van der Waals surface area contributed by atoms with E-state index in [1.54, 1.807) is 24.3 Å². The fourth-order valence-corrected chi connectivity index (χ4v) is 3.51. The smallest absolute Gasteiger partial charge is 0.337 e. The molecule has 28 heavy (non-hydrogen) atoms. The van der Waals surface area contributed by atoms with Crippen LogP contribution in [0.2, 0.25) is 0 Å². The highest BCUT2D eigenvalue weighted by Gasteiger charge is 2.16. The van der Waals surface area contributed by atoms with Gasteiger partial charge in [-0.05, 0) is 61.2 Å². The number of rotatable bonds is 6. The number of piperidine rings is 1. The molecule has 0 radical (unpaired) electrons. The molecule has 5 heteroatoms. The van der Waals surface area contributed by atoms with E-state index in [4.69, 9.17) is 4.74 Å². The van der Waals surface area contributed by atoms with Crippen LogP contribution >= 0.6 is 0 Å². The zero-order chi connectivity index (χ0) is 19.9. The molecular formula is C23H28N2O3. The van der Waals surface area contributed by atoms with Crippen molar-refractivity contribution in [1.29, 1.82) is 0 Å². The molecule has 2 aromatic carbocycles. The van der Waals surface area contributed by atoms with Gasteiger partial charge in [0.1, 0.15) is 0 Å². The molecule has 1 saturated heterocycles. The molecule has 1 amide bonds. The Kier molecular flexibility index (Phi) is 6.82. The summed E-state index contributed by atoms with van der Waals surface area (Å²) in [6.45, 7) is 6.03. The van der Waals surface area contributed by atoms with Crippen LogP contribution in [-0.2, 0) is 17.8 Å². The molecule has 1 heterocycles. The summed E-state index contributed by atoms with van der Waals surface area (Å²) in [5.41, 5.74) is 3.16. The molecule has 3 rings (SSSR count). The van der Waals surface area contributed by atoms with Gasteiger partial charge in [-0.1, -0.05) is 37.3 Å². The van der Waals surface area contributed by atoms with Crippen molar-refractivity contribution in [2.45, 2.75) is 32.9 Å². The zero-order valence-corrected chi connectivity index (χ0v) is 16.6. The lowest BCUT2D eigenvalue weighted by Crippen LogP contribution is -2.32. The quantitative estimate of drug-likeness (QED) is 0.778. The van der Waals surface area contributed by atoms with E-state index in [0.29, 0.717) is 17.7 Å². The molecule has 1 aliphatic heterocycles. The first-order chi connectivity index (χ1) is 13.5. The van der Waals surface area contributed by atoms with E-state index < -0.39 is 5.97 Å². The molecule has 1 fully saturated rings. The Labute approximate surface area is 166 Å². The molecule has 0 atom stereocenters. The lowest BCUT2D eigenvalue weighted by atomic mass is 9.98. The maximum absolute atomic E-state index is 12.4. The summed E-state index contributed by atoms with van der Waals surface area (Å²) in [5.74, 6) is 0.172. The minimum atomic E-state index is -0.450. The Morgan fingerprint density at radius 2 is 1.71 bits per heavy atom. The molecular weight excluding hydrogens is 352 g/mol. The molecule has 0 aromatic heterocycles. The van der Waals surface area contributed by atoms with Gasteiger partial charge in [0.15, 0.2) is 0 Å². The fourth-order valence-electron chi connectivity index (χ4n) is 3.51. The van der Waals surface area contributed by atoms with E-state index in [-0.39, 0.29) is 5.91 Å². The number of hydrogen-bond donors (Lipinski definition) is 1. The van der Waals surface area contributed by atoms with Crippen LogP contribution in [0.25, 0.3) is 0 Å².